The second-order valence-corrected chi connectivity index (χ2v) is 4.92. The van der Waals surface area contributed by atoms with Gasteiger partial charge < -0.3 is 0 Å². The minimum absolute atomic E-state index is 0.102. The molecule has 7 heteroatoms. The fourth-order valence-electron chi connectivity index (χ4n) is 1.01. The first-order chi connectivity index (χ1) is 6.82. The minimum Gasteiger partial charge on any atom is -0.238 e. The van der Waals surface area contributed by atoms with Gasteiger partial charge in [0.25, 0.3) is 0 Å². The average molecular weight is 236 g/mol. The van der Waals surface area contributed by atoms with E-state index in [1.165, 1.54) is 13.8 Å². The van der Waals surface area contributed by atoms with E-state index in [-0.39, 0.29) is 5.82 Å². The Kier molecular flexibility index (Phi) is 3.33. The fraction of sp³-hybridized carbons (Fsp3) is 0.500. The summed E-state index contributed by atoms with van der Waals surface area (Å²) in [5, 5.41) is -1.25. The first-order valence-electron chi connectivity index (χ1n) is 4.23. The van der Waals surface area contributed by atoms with Crippen molar-refractivity contribution in [1.29, 1.82) is 0 Å². The third-order valence-electron chi connectivity index (χ3n) is 2.20. The van der Waals surface area contributed by atoms with Gasteiger partial charge in [0.2, 0.25) is 0 Å². The molecule has 0 unspecified atom stereocenters. The molecule has 0 N–H and O–H groups in total. The highest BCUT2D eigenvalue weighted by molar-refractivity contribution is 7.87. The van der Waals surface area contributed by atoms with Crippen molar-refractivity contribution in [2.75, 3.05) is 0 Å². The van der Waals surface area contributed by atoms with E-state index in [4.69, 9.17) is 0 Å². The number of hydrogen-bond acceptors (Lipinski definition) is 4. The lowest BCUT2D eigenvalue weighted by Gasteiger charge is -2.13. The Bertz CT molecular complexity index is 432. The molecule has 0 aliphatic rings. The summed E-state index contributed by atoms with van der Waals surface area (Å²) in [6.45, 7) is 2.68. The Balaban J connectivity index is 2.95. The van der Waals surface area contributed by atoms with E-state index >= 15 is 0 Å². The summed E-state index contributed by atoms with van der Waals surface area (Å²) >= 11 is 0. The Morgan fingerprint density at radius 2 is 1.73 bits per heavy atom. The average Bonchev–Trinajstić information content (AvgIpc) is 2.15. The van der Waals surface area contributed by atoms with Gasteiger partial charge in [-0.3, -0.25) is 0 Å². The van der Waals surface area contributed by atoms with Crippen LogP contribution in [0.5, 0.6) is 0 Å². The summed E-state index contributed by atoms with van der Waals surface area (Å²) in [6, 6.07) is 0. The topological polar surface area (TPSA) is 59.9 Å². The largest absolute Gasteiger partial charge is 0.305 e. The lowest BCUT2D eigenvalue weighted by Crippen LogP contribution is -2.21. The van der Waals surface area contributed by atoms with E-state index in [1.54, 1.807) is 0 Å². The molecule has 2 atom stereocenters. The number of hydrogen-bond donors (Lipinski definition) is 0. The van der Waals surface area contributed by atoms with Crippen molar-refractivity contribution < 1.29 is 16.7 Å². The summed E-state index contributed by atoms with van der Waals surface area (Å²) in [7, 11) is -4.63. The van der Waals surface area contributed by atoms with Crippen molar-refractivity contribution in [1.82, 2.24) is 9.97 Å². The second kappa shape index (κ2) is 4.18. The van der Waals surface area contributed by atoms with Crippen LogP contribution in [0.25, 0.3) is 0 Å². The monoisotopic (exact) mass is 236 g/mol. The summed E-state index contributed by atoms with van der Waals surface area (Å²) in [4.78, 5) is 7.19. The molecule has 0 aromatic carbocycles. The fourth-order valence-corrected chi connectivity index (χ4v) is 1.62. The van der Waals surface area contributed by atoms with Gasteiger partial charge in [0, 0.05) is 5.92 Å². The third-order valence-corrected chi connectivity index (χ3v) is 3.49. The van der Waals surface area contributed by atoms with Crippen LogP contribution in [-0.2, 0) is 10.2 Å². The Morgan fingerprint density at radius 1 is 1.27 bits per heavy atom. The van der Waals surface area contributed by atoms with Crippen LogP contribution in [-0.4, -0.2) is 23.6 Å². The predicted molar refractivity (Wildman–Crippen MR) is 49.9 cm³/mol. The van der Waals surface area contributed by atoms with Crippen LogP contribution < -0.4 is 0 Å². The van der Waals surface area contributed by atoms with E-state index in [1.807, 2.05) is 0 Å². The van der Waals surface area contributed by atoms with Crippen LogP contribution in [0.2, 0.25) is 0 Å². The zero-order valence-electron chi connectivity index (χ0n) is 8.18. The lowest BCUT2D eigenvalue weighted by molar-refractivity contribution is 0.518. The number of rotatable bonds is 3. The van der Waals surface area contributed by atoms with E-state index in [0.717, 1.165) is 12.4 Å². The SMILES string of the molecule is C[C@@H](c1ncc(F)cn1)[C@H](C)S(=O)(=O)F. The zero-order chi connectivity index (χ0) is 11.6. The maximum absolute atomic E-state index is 12.6. The number of nitrogens with zero attached hydrogens (tertiary/aromatic N) is 2. The van der Waals surface area contributed by atoms with Crippen LogP contribution in [0.3, 0.4) is 0 Å². The van der Waals surface area contributed by atoms with Crippen molar-refractivity contribution in [2.45, 2.75) is 25.0 Å². The molecule has 15 heavy (non-hydrogen) atoms. The van der Waals surface area contributed by atoms with Crippen LogP contribution >= 0.6 is 0 Å². The first-order valence-corrected chi connectivity index (χ1v) is 5.68. The molecule has 0 bridgehead atoms. The zero-order valence-corrected chi connectivity index (χ0v) is 9.00. The van der Waals surface area contributed by atoms with Crippen molar-refractivity contribution in [3.63, 3.8) is 0 Å². The van der Waals surface area contributed by atoms with Gasteiger partial charge in [-0.05, 0) is 6.92 Å². The molecule has 0 saturated heterocycles. The van der Waals surface area contributed by atoms with Crippen molar-refractivity contribution >= 4 is 10.2 Å². The summed E-state index contributed by atoms with van der Waals surface area (Å²) in [5.74, 6) is -1.24. The minimum atomic E-state index is -4.63. The number of aromatic nitrogens is 2. The third kappa shape index (κ3) is 2.92. The normalized spacial score (nSPS) is 16.0. The molecule has 1 heterocycles. The van der Waals surface area contributed by atoms with Crippen molar-refractivity contribution in [2.24, 2.45) is 0 Å². The Morgan fingerprint density at radius 3 is 2.13 bits per heavy atom. The maximum atomic E-state index is 12.6. The molecule has 1 aromatic heterocycles. The van der Waals surface area contributed by atoms with Gasteiger partial charge >= 0.3 is 10.2 Å². The molecule has 84 valence electrons. The molecule has 1 aromatic rings. The molecule has 0 fully saturated rings. The molecule has 0 spiro atoms. The van der Waals surface area contributed by atoms with Gasteiger partial charge in [-0.2, -0.15) is 8.42 Å². The summed E-state index contributed by atoms with van der Waals surface area (Å²) in [5.41, 5.74) is 0. The molecule has 0 radical (unpaired) electrons. The van der Waals surface area contributed by atoms with E-state index in [0.29, 0.717) is 0 Å². The quantitative estimate of drug-likeness (QED) is 0.744. The molecule has 0 aliphatic heterocycles. The molecule has 0 aliphatic carbocycles. The Hall–Kier alpha value is -1.11. The predicted octanol–water partition coefficient (Wildman–Crippen LogP) is 1.41. The highest BCUT2D eigenvalue weighted by Crippen LogP contribution is 2.21. The van der Waals surface area contributed by atoms with Gasteiger partial charge in [-0.1, -0.05) is 6.92 Å². The molecular weight excluding hydrogens is 226 g/mol. The summed E-state index contributed by atoms with van der Waals surface area (Å²) in [6.07, 6.45) is 1.83. The second-order valence-electron chi connectivity index (χ2n) is 3.23. The molecule has 1 rings (SSSR count). The molecular formula is C8H10F2N2O2S. The van der Waals surface area contributed by atoms with Crippen LogP contribution in [0.4, 0.5) is 8.28 Å². The van der Waals surface area contributed by atoms with E-state index in [2.05, 4.69) is 9.97 Å². The molecule has 4 nitrogen and oxygen atoms in total. The van der Waals surface area contributed by atoms with Gasteiger partial charge in [-0.15, -0.1) is 3.89 Å². The lowest BCUT2D eigenvalue weighted by atomic mass is 10.1. The standard InChI is InChI=1S/C8H10F2N2O2S/c1-5(6(2)15(10,13)14)8-11-3-7(9)4-12-8/h3-6H,1-2H3/t5-,6+/m1/s1. The smallest absolute Gasteiger partial charge is 0.238 e. The number of halogens is 2. The van der Waals surface area contributed by atoms with Gasteiger partial charge in [0.05, 0.1) is 17.6 Å². The van der Waals surface area contributed by atoms with E-state index < -0.39 is 27.2 Å². The van der Waals surface area contributed by atoms with Crippen LogP contribution in [0.15, 0.2) is 12.4 Å². The maximum Gasteiger partial charge on any atom is 0.305 e. The van der Waals surface area contributed by atoms with Crippen LogP contribution in [0, 0.1) is 5.82 Å². The first kappa shape index (κ1) is 12.0. The highest BCUT2D eigenvalue weighted by atomic mass is 32.3. The van der Waals surface area contributed by atoms with Gasteiger partial charge in [0.15, 0.2) is 5.82 Å². The van der Waals surface area contributed by atoms with Gasteiger partial charge in [-0.25, -0.2) is 14.4 Å². The van der Waals surface area contributed by atoms with Crippen molar-refractivity contribution in [3.8, 4) is 0 Å². The molecule has 0 amide bonds. The molecule has 0 saturated carbocycles. The van der Waals surface area contributed by atoms with Crippen molar-refractivity contribution in [3.05, 3.63) is 24.0 Å². The van der Waals surface area contributed by atoms with Crippen LogP contribution in [0.1, 0.15) is 25.6 Å². The summed E-state index contributed by atoms with van der Waals surface area (Å²) < 4.78 is 46.3. The highest BCUT2D eigenvalue weighted by Gasteiger charge is 2.28. The van der Waals surface area contributed by atoms with Gasteiger partial charge in [0.1, 0.15) is 5.82 Å². The van der Waals surface area contributed by atoms with E-state index in [9.17, 15) is 16.7 Å². The Labute approximate surface area is 86.6 Å².